The third-order valence-electron chi connectivity index (χ3n) is 2.18. The standard InChI is InChI=1S/C11H17ClN2S2/c1-3-4-7-13-11(15)14(2)8-9-5-6-10(12)16-9/h5-6H,3-4,7-8H2,1-2H3,(H,13,15). The molecule has 0 aromatic carbocycles. The minimum Gasteiger partial charge on any atom is -0.363 e. The van der Waals surface area contributed by atoms with Gasteiger partial charge in [0.1, 0.15) is 0 Å². The van der Waals surface area contributed by atoms with Crippen LogP contribution in [0.2, 0.25) is 4.34 Å². The maximum absolute atomic E-state index is 5.88. The molecule has 2 nitrogen and oxygen atoms in total. The van der Waals surface area contributed by atoms with E-state index in [0.717, 1.165) is 29.0 Å². The molecule has 1 aromatic heterocycles. The van der Waals surface area contributed by atoms with Crippen LogP contribution in [-0.4, -0.2) is 23.6 Å². The minimum atomic E-state index is 0.804. The second-order valence-corrected chi connectivity index (χ2v) is 5.83. The molecule has 0 bridgehead atoms. The number of nitrogens with one attached hydrogen (secondary N) is 1. The first kappa shape index (κ1) is 13.7. The van der Waals surface area contributed by atoms with Gasteiger partial charge in [-0.15, -0.1) is 11.3 Å². The summed E-state index contributed by atoms with van der Waals surface area (Å²) in [7, 11) is 1.99. The van der Waals surface area contributed by atoms with Gasteiger partial charge >= 0.3 is 0 Å². The van der Waals surface area contributed by atoms with Gasteiger partial charge in [-0.3, -0.25) is 0 Å². The van der Waals surface area contributed by atoms with Crippen molar-refractivity contribution in [2.24, 2.45) is 0 Å². The largest absolute Gasteiger partial charge is 0.363 e. The fourth-order valence-corrected chi connectivity index (χ4v) is 2.56. The molecule has 1 aromatic rings. The number of hydrogen-bond acceptors (Lipinski definition) is 2. The van der Waals surface area contributed by atoms with Crippen molar-refractivity contribution >= 4 is 40.3 Å². The lowest BCUT2D eigenvalue weighted by Crippen LogP contribution is -2.36. The van der Waals surface area contributed by atoms with Crippen LogP contribution in [0.3, 0.4) is 0 Å². The summed E-state index contributed by atoms with van der Waals surface area (Å²) in [5, 5.41) is 4.04. The van der Waals surface area contributed by atoms with E-state index < -0.39 is 0 Å². The highest BCUT2D eigenvalue weighted by atomic mass is 35.5. The van der Waals surface area contributed by atoms with Crippen molar-refractivity contribution in [1.82, 2.24) is 10.2 Å². The number of nitrogens with zero attached hydrogens (tertiary/aromatic N) is 1. The van der Waals surface area contributed by atoms with Crippen LogP contribution in [-0.2, 0) is 6.54 Å². The number of rotatable bonds is 5. The summed E-state index contributed by atoms with van der Waals surface area (Å²) in [5.74, 6) is 0. The molecule has 0 saturated heterocycles. The fourth-order valence-electron chi connectivity index (χ4n) is 1.25. The molecule has 5 heteroatoms. The topological polar surface area (TPSA) is 15.3 Å². The summed E-state index contributed by atoms with van der Waals surface area (Å²) in [4.78, 5) is 3.26. The van der Waals surface area contributed by atoms with E-state index in [0.29, 0.717) is 0 Å². The second-order valence-electron chi connectivity index (χ2n) is 3.65. The van der Waals surface area contributed by atoms with Gasteiger partial charge in [-0.1, -0.05) is 24.9 Å². The second kappa shape index (κ2) is 7.09. The van der Waals surface area contributed by atoms with Crippen molar-refractivity contribution in [1.29, 1.82) is 0 Å². The highest BCUT2D eigenvalue weighted by Gasteiger charge is 2.06. The number of thiocarbonyl (C=S) groups is 1. The van der Waals surface area contributed by atoms with E-state index >= 15 is 0 Å². The molecule has 0 fully saturated rings. The van der Waals surface area contributed by atoms with E-state index in [9.17, 15) is 0 Å². The Kier molecular flexibility index (Phi) is 6.09. The molecular weight excluding hydrogens is 260 g/mol. The molecule has 1 N–H and O–H groups in total. The van der Waals surface area contributed by atoms with Crippen molar-refractivity contribution in [2.75, 3.05) is 13.6 Å². The van der Waals surface area contributed by atoms with Crippen LogP contribution in [0.15, 0.2) is 12.1 Å². The zero-order valence-electron chi connectivity index (χ0n) is 9.62. The molecule has 0 atom stereocenters. The highest BCUT2D eigenvalue weighted by molar-refractivity contribution is 7.80. The van der Waals surface area contributed by atoms with E-state index in [1.54, 1.807) is 11.3 Å². The maximum Gasteiger partial charge on any atom is 0.169 e. The van der Waals surface area contributed by atoms with E-state index in [4.69, 9.17) is 23.8 Å². The molecule has 0 aliphatic heterocycles. The van der Waals surface area contributed by atoms with Gasteiger partial charge in [-0.2, -0.15) is 0 Å². The van der Waals surface area contributed by atoms with Crippen LogP contribution in [0.4, 0.5) is 0 Å². The van der Waals surface area contributed by atoms with Crippen LogP contribution in [0.1, 0.15) is 24.6 Å². The van der Waals surface area contributed by atoms with Crippen LogP contribution >= 0.6 is 35.2 Å². The Morgan fingerprint density at radius 3 is 2.88 bits per heavy atom. The molecule has 0 radical (unpaired) electrons. The summed E-state index contributed by atoms with van der Waals surface area (Å²) < 4.78 is 0.827. The van der Waals surface area contributed by atoms with Crippen molar-refractivity contribution in [3.8, 4) is 0 Å². The van der Waals surface area contributed by atoms with Gasteiger partial charge in [0.15, 0.2) is 5.11 Å². The smallest absolute Gasteiger partial charge is 0.169 e. The van der Waals surface area contributed by atoms with Gasteiger partial charge in [-0.05, 0) is 30.8 Å². The highest BCUT2D eigenvalue weighted by Crippen LogP contribution is 2.22. The Morgan fingerprint density at radius 2 is 2.31 bits per heavy atom. The lowest BCUT2D eigenvalue weighted by atomic mass is 10.3. The van der Waals surface area contributed by atoms with Gasteiger partial charge < -0.3 is 10.2 Å². The number of thiophene rings is 1. The molecule has 0 amide bonds. The third-order valence-corrected chi connectivity index (χ3v) is 3.85. The lowest BCUT2D eigenvalue weighted by Gasteiger charge is -2.20. The summed E-state index contributed by atoms with van der Waals surface area (Å²) in [6, 6.07) is 3.96. The van der Waals surface area contributed by atoms with Gasteiger partial charge in [0.25, 0.3) is 0 Å². The summed E-state index contributed by atoms with van der Waals surface area (Å²) in [6.07, 6.45) is 2.33. The molecule has 0 spiro atoms. The average Bonchev–Trinajstić information content (AvgIpc) is 2.64. The number of unbranched alkanes of at least 4 members (excludes halogenated alkanes) is 1. The van der Waals surface area contributed by atoms with Crippen LogP contribution < -0.4 is 5.32 Å². The molecular formula is C11H17ClN2S2. The number of halogens is 1. The molecule has 0 aliphatic rings. The number of hydrogen-bond donors (Lipinski definition) is 1. The van der Waals surface area contributed by atoms with Crippen molar-refractivity contribution < 1.29 is 0 Å². The molecule has 0 aliphatic carbocycles. The van der Waals surface area contributed by atoms with Crippen molar-refractivity contribution in [2.45, 2.75) is 26.3 Å². The zero-order valence-corrected chi connectivity index (χ0v) is 12.0. The predicted octanol–water partition coefficient (Wildman–Crippen LogP) is 3.51. The summed E-state index contributed by atoms with van der Waals surface area (Å²) in [6.45, 7) is 3.93. The van der Waals surface area contributed by atoms with Gasteiger partial charge in [-0.25, -0.2) is 0 Å². The van der Waals surface area contributed by atoms with E-state index in [1.807, 2.05) is 24.1 Å². The monoisotopic (exact) mass is 276 g/mol. The third kappa shape index (κ3) is 4.68. The van der Waals surface area contributed by atoms with Crippen LogP contribution in [0.25, 0.3) is 0 Å². The molecule has 90 valence electrons. The van der Waals surface area contributed by atoms with Gasteiger partial charge in [0, 0.05) is 18.5 Å². The molecule has 16 heavy (non-hydrogen) atoms. The first-order chi connectivity index (χ1) is 7.63. The Morgan fingerprint density at radius 1 is 1.56 bits per heavy atom. The predicted molar refractivity (Wildman–Crippen MR) is 76.3 cm³/mol. The first-order valence-corrected chi connectivity index (χ1v) is 6.97. The minimum absolute atomic E-state index is 0.804. The molecule has 0 unspecified atom stereocenters. The first-order valence-electron chi connectivity index (χ1n) is 5.36. The fraction of sp³-hybridized carbons (Fsp3) is 0.545. The SMILES string of the molecule is CCCCNC(=S)N(C)Cc1ccc(Cl)s1. The Balaban J connectivity index is 2.34. The quantitative estimate of drug-likeness (QED) is 0.654. The Hall–Kier alpha value is -0.320. The van der Waals surface area contributed by atoms with Crippen molar-refractivity contribution in [3.05, 3.63) is 21.3 Å². The van der Waals surface area contributed by atoms with Crippen molar-refractivity contribution in [3.63, 3.8) is 0 Å². The molecule has 1 rings (SSSR count). The van der Waals surface area contributed by atoms with Gasteiger partial charge in [0.2, 0.25) is 0 Å². The van der Waals surface area contributed by atoms with Gasteiger partial charge in [0.05, 0.1) is 10.9 Å². The average molecular weight is 277 g/mol. The van der Waals surface area contributed by atoms with E-state index in [2.05, 4.69) is 12.2 Å². The molecule has 0 saturated carbocycles. The lowest BCUT2D eigenvalue weighted by molar-refractivity contribution is 0.492. The normalized spacial score (nSPS) is 10.2. The Labute approximate surface area is 112 Å². The summed E-state index contributed by atoms with van der Waals surface area (Å²) >= 11 is 12.8. The van der Waals surface area contributed by atoms with E-state index in [1.165, 1.54) is 11.3 Å². The summed E-state index contributed by atoms with van der Waals surface area (Å²) in [5.41, 5.74) is 0. The van der Waals surface area contributed by atoms with Crippen LogP contribution in [0, 0.1) is 0 Å². The Bertz CT molecular complexity index is 338. The zero-order chi connectivity index (χ0) is 12.0. The van der Waals surface area contributed by atoms with E-state index in [-0.39, 0.29) is 0 Å². The molecule has 1 heterocycles. The maximum atomic E-state index is 5.88. The van der Waals surface area contributed by atoms with Crippen LogP contribution in [0.5, 0.6) is 0 Å².